The van der Waals surface area contributed by atoms with E-state index in [0.717, 1.165) is 12.8 Å². The van der Waals surface area contributed by atoms with Gasteiger partial charge in [0.15, 0.2) is 0 Å². The van der Waals surface area contributed by atoms with Crippen molar-refractivity contribution in [1.29, 1.82) is 0 Å². The molecule has 0 aliphatic carbocycles. The predicted molar refractivity (Wildman–Crippen MR) is 121 cm³/mol. The molecule has 0 saturated carbocycles. The Bertz CT molecular complexity index is 501. The first kappa shape index (κ1) is 25.0. The van der Waals surface area contributed by atoms with Crippen LogP contribution in [0.2, 0.25) is 5.02 Å². The van der Waals surface area contributed by atoms with Crippen molar-refractivity contribution >= 4 is 17.6 Å². The summed E-state index contributed by atoms with van der Waals surface area (Å²) in [6, 6.07) is 6.92. The van der Waals surface area contributed by atoms with Crippen molar-refractivity contribution in [2.45, 2.75) is 110 Å². The van der Waals surface area contributed by atoms with E-state index in [1.54, 1.807) is 24.3 Å². The fourth-order valence-electron chi connectivity index (χ4n) is 3.51. The van der Waals surface area contributed by atoms with E-state index in [1.165, 1.54) is 89.9 Å². The lowest BCUT2D eigenvalue weighted by Gasteiger charge is -2.05. The molecule has 1 rings (SSSR count). The maximum atomic E-state index is 11.9. The summed E-state index contributed by atoms with van der Waals surface area (Å²) in [6.07, 6.45) is 21.5. The molecule has 0 fully saturated rings. The largest absolute Gasteiger partial charge is 0.462 e. The van der Waals surface area contributed by atoms with Crippen molar-refractivity contribution in [2.75, 3.05) is 6.61 Å². The topological polar surface area (TPSA) is 26.3 Å². The van der Waals surface area contributed by atoms with Crippen LogP contribution in [-0.4, -0.2) is 12.6 Å². The van der Waals surface area contributed by atoms with Gasteiger partial charge in [-0.05, 0) is 24.6 Å². The minimum Gasteiger partial charge on any atom is -0.462 e. The van der Waals surface area contributed by atoms with Gasteiger partial charge in [-0.15, -0.1) is 0 Å². The van der Waals surface area contributed by atoms with Crippen LogP contribution in [0.5, 0.6) is 0 Å². The zero-order chi connectivity index (χ0) is 20.3. The smallest absolute Gasteiger partial charge is 0.338 e. The molecule has 0 bridgehead atoms. The van der Waals surface area contributed by atoms with Gasteiger partial charge in [-0.3, -0.25) is 0 Å². The van der Waals surface area contributed by atoms with Crippen molar-refractivity contribution in [1.82, 2.24) is 0 Å². The van der Waals surface area contributed by atoms with Gasteiger partial charge in [0.2, 0.25) is 0 Å². The Kier molecular flexibility index (Phi) is 16.1. The van der Waals surface area contributed by atoms with Gasteiger partial charge in [0.25, 0.3) is 0 Å². The molecule has 160 valence electrons. The van der Waals surface area contributed by atoms with Gasteiger partial charge < -0.3 is 4.74 Å². The monoisotopic (exact) mass is 408 g/mol. The number of carbonyl (C=O) groups is 1. The molecule has 0 spiro atoms. The molecule has 0 aliphatic rings. The molecule has 0 atom stereocenters. The number of rotatable bonds is 18. The van der Waals surface area contributed by atoms with Crippen LogP contribution in [0.3, 0.4) is 0 Å². The van der Waals surface area contributed by atoms with E-state index < -0.39 is 0 Å². The first-order valence-electron chi connectivity index (χ1n) is 11.7. The summed E-state index contributed by atoms with van der Waals surface area (Å²) in [5, 5.41) is 0.567. The Labute approximate surface area is 178 Å². The Balaban J connectivity index is 1.79. The summed E-state index contributed by atoms with van der Waals surface area (Å²) < 4.78 is 5.30. The summed E-state index contributed by atoms with van der Waals surface area (Å²) in [5.41, 5.74) is 0.531. The van der Waals surface area contributed by atoms with Crippen LogP contribution < -0.4 is 0 Å². The lowest BCUT2D eigenvalue weighted by molar-refractivity contribution is 0.0497. The first-order chi connectivity index (χ1) is 13.7. The molecule has 0 N–H and O–H groups in total. The molecular weight excluding hydrogens is 368 g/mol. The van der Waals surface area contributed by atoms with E-state index in [9.17, 15) is 4.79 Å². The number of esters is 1. The number of ether oxygens (including phenoxy) is 1. The summed E-state index contributed by atoms with van der Waals surface area (Å²) in [5.74, 6) is -0.275. The van der Waals surface area contributed by atoms with Crippen LogP contribution in [0.1, 0.15) is 120 Å². The maximum Gasteiger partial charge on any atom is 0.338 e. The third kappa shape index (κ3) is 14.0. The molecule has 3 heteroatoms. The minimum absolute atomic E-state index is 0.275. The fraction of sp³-hybridized carbons (Fsp3) is 0.720. The number of hydrogen-bond donors (Lipinski definition) is 0. The highest BCUT2D eigenvalue weighted by atomic mass is 35.5. The third-order valence-electron chi connectivity index (χ3n) is 5.29. The maximum absolute atomic E-state index is 11.9. The quantitative estimate of drug-likeness (QED) is 0.179. The van der Waals surface area contributed by atoms with Crippen LogP contribution in [0, 0.1) is 0 Å². The van der Waals surface area contributed by atoms with Crippen molar-refractivity contribution in [3.63, 3.8) is 0 Å². The highest BCUT2D eigenvalue weighted by Gasteiger charge is 2.06. The van der Waals surface area contributed by atoms with Gasteiger partial charge in [0, 0.05) is 5.02 Å². The number of hydrogen-bond acceptors (Lipinski definition) is 2. The van der Waals surface area contributed by atoms with Crippen LogP contribution in [0.4, 0.5) is 0 Å². The Morgan fingerprint density at radius 2 is 1.21 bits per heavy atom. The Hall–Kier alpha value is -1.02. The molecule has 1 aromatic rings. The molecule has 1 aromatic carbocycles. The van der Waals surface area contributed by atoms with Gasteiger partial charge in [-0.25, -0.2) is 4.79 Å². The number of benzene rings is 1. The SMILES string of the molecule is CCCCCCCCCCCCCCCCCCOC(=O)c1cccc(Cl)c1. The zero-order valence-corrected chi connectivity index (χ0v) is 18.8. The van der Waals surface area contributed by atoms with Crippen molar-refractivity contribution in [3.05, 3.63) is 34.9 Å². The second-order valence-electron chi connectivity index (χ2n) is 7.95. The molecule has 0 amide bonds. The normalized spacial score (nSPS) is 10.9. The molecule has 0 unspecified atom stereocenters. The highest BCUT2D eigenvalue weighted by Crippen LogP contribution is 2.14. The first-order valence-corrected chi connectivity index (χ1v) is 12.0. The van der Waals surface area contributed by atoms with Gasteiger partial charge >= 0.3 is 5.97 Å². The third-order valence-corrected chi connectivity index (χ3v) is 5.53. The number of halogens is 1. The Morgan fingerprint density at radius 1 is 0.750 bits per heavy atom. The molecule has 0 aliphatic heterocycles. The second-order valence-corrected chi connectivity index (χ2v) is 8.39. The average Bonchev–Trinajstić information content (AvgIpc) is 2.70. The lowest BCUT2D eigenvalue weighted by Crippen LogP contribution is -2.06. The molecule has 0 saturated heterocycles. The molecule has 0 radical (unpaired) electrons. The average molecular weight is 409 g/mol. The molecule has 2 nitrogen and oxygen atoms in total. The summed E-state index contributed by atoms with van der Waals surface area (Å²) in [7, 11) is 0. The highest BCUT2D eigenvalue weighted by molar-refractivity contribution is 6.30. The molecule has 0 heterocycles. The molecule has 28 heavy (non-hydrogen) atoms. The van der Waals surface area contributed by atoms with E-state index in [2.05, 4.69) is 6.92 Å². The number of carbonyl (C=O) groups excluding carboxylic acids is 1. The lowest BCUT2D eigenvalue weighted by atomic mass is 10.0. The minimum atomic E-state index is -0.275. The summed E-state index contributed by atoms with van der Waals surface area (Å²) in [4.78, 5) is 11.9. The van der Waals surface area contributed by atoms with E-state index in [-0.39, 0.29) is 5.97 Å². The zero-order valence-electron chi connectivity index (χ0n) is 18.0. The van der Waals surface area contributed by atoms with Crippen molar-refractivity contribution in [3.8, 4) is 0 Å². The van der Waals surface area contributed by atoms with Crippen LogP contribution in [-0.2, 0) is 4.74 Å². The van der Waals surface area contributed by atoms with Gasteiger partial charge in [-0.1, -0.05) is 121 Å². The standard InChI is InChI=1S/C25H41ClO2/c1-2-3-4-5-6-7-8-9-10-11-12-13-14-15-16-17-21-28-25(27)23-19-18-20-24(26)22-23/h18-20,22H,2-17,21H2,1H3. The van der Waals surface area contributed by atoms with Gasteiger partial charge in [-0.2, -0.15) is 0 Å². The molecule has 0 aromatic heterocycles. The number of unbranched alkanes of at least 4 members (excludes halogenated alkanes) is 15. The van der Waals surface area contributed by atoms with Crippen LogP contribution in [0.25, 0.3) is 0 Å². The molecular formula is C25H41ClO2. The van der Waals surface area contributed by atoms with Crippen molar-refractivity contribution < 1.29 is 9.53 Å². The fourth-order valence-corrected chi connectivity index (χ4v) is 3.70. The van der Waals surface area contributed by atoms with E-state index >= 15 is 0 Å². The van der Waals surface area contributed by atoms with E-state index in [1.807, 2.05) is 0 Å². The van der Waals surface area contributed by atoms with E-state index in [0.29, 0.717) is 17.2 Å². The Morgan fingerprint density at radius 3 is 1.68 bits per heavy atom. The second kappa shape index (κ2) is 18.0. The summed E-state index contributed by atoms with van der Waals surface area (Å²) >= 11 is 5.89. The van der Waals surface area contributed by atoms with Gasteiger partial charge in [0.1, 0.15) is 0 Å². The van der Waals surface area contributed by atoms with Crippen LogP contribution >= 0.6 is 11.6 Å². The van der Waals surface area contributed by atoms with E-state index in [4.69, 9.17) is 16.3 Å². The van der Waals surface area contributed by atoms with Gasteiger partial charge in [0.05, 0.1) is 12.2 Å². The predicted octanol–water partition coefficient (Wildman–Crippen LogP) is 8.76. The van der Waals surface area contributed by atoms with Crippen LogP contribution in [0.15, 0.2) is 24.3 Å². The summed E-state index contributed by atoms with van der Waals surface area (Å²) in [6.45, 7) is 2.78. The van der Waals surface area contributed by atoms with Crippen molar-refractivity contribution in [2.24, 2.45) is 0 Å².